The van der Waals surface area contributed by atoms with E-state index >= 15 is 0 Å². The first-order valence-corrected chi connectivity index (χ1v) is 12.2. The summed E-state index contributed by atoms with van der Waals surface area (Å²) in [5, 5.41) is 23.0. The van der Waals surface area contributed by atoms with Crippen molar-refractivity contribution in [1.29, 1.82) is 0 Å². The van der Waals surface area contributed by atoms with Crippen molar-refractivity contribution >= 4 is 41.8 Å². The average molecular weight is 527 g/mol. The third-order valence-electron chi connectivity index (χ3n) is 6.14. The molecule has 0 aromatic heterocycles. The highest BCUT2D eigenvalue weighted by molar-refractivity contribution is 5.95. The van der Waals surface area contributed by atoms with Gasteiger partial charge in [0.05, 0.1) is 0 Å². The predicted octanol–water partition coefficient (Wildman–Crippen LogP) is 4.75. The summed E-state index contributed by atoms with van der Waals surface area (Å²) in [6, 6.07) is 20.7. The van der Waals surface area contributed by atoms with E-state index in [0.29, 0.717) is 16.8 Å². The molecular formula is C30H26N2O7. The van der Waals surface area contributed by atoms with E-state index in [9.17, 15) is 19.2 Å². The molecule has 2 amide bonds. The number of hydrogen-bond donors (Lipinski definition) is 4. The molecule has 0 spiro atoms. The molecule has 0 unspecified atom stereocenters. The fraction of sp³-hybridized carbons (Fsp3) is 0.133. The first-order valence-electron chi connectivity index (χ1n) is 12.2. The Morgan fingerprint density at radius 3 is 2.08 bits per heavy atom. The molecule has 0 heterocycles. The van der Waals surface area contributed by atoms with E-state index in [1.807, 2.05) is 48.5 Å². The van der Waals surface area contributed by atoms with Crippen molar-refractivity contribution in [1.82, 2.24) is 5.32 Å². The zero-order valence-corrected chi connectivity index (χ0v) is 20.8. The molecule has 39 heavy (non-hydrogen) atoms. The van der Waals surface area contributed by atoms with Gasteiger partial charge in [0.15, 0.2) is 0 Å². The summed E-state index contributed by atoms with van der Waals surface area (Å²) in [5.41, 5.74) is 5.65. The van der Waals surface area contributed by atoms with Crippen LogP contribution in [-0.4, -0.2) is 47.3 Å². The van der Waals surface area contributed by atoms with Crippen LogP contribution in [0.25, 0.3) is 23.3 Å². The van der Waals surface area contributed by atoms with Gasteiger partial charge in [-0.3, -0.25) is 4.79 Å². The Bertz CT molecular complexity index is 1430. The van der Waals surface area contributed by atoms with Gasteiger partial charge in [0.25, 0.3) is 0 Å². The number of rotatable bonds is 10. The highest BCUT2D eigenvalue weighted by atomic mass is 16.5. The Morgan fingerprint density at radius 1 is 0.821 bits per heavy atom. The number of ether oxygens (including phenoxy) is 1. The van der Waals surface area contributed by atoms with Crippen LogP contribution in [0.3, 0.4) is 0 Å². The molecule has 1 aliphatic rings. The number of amides is 2. The van der Waals surface area contributed by atoms with Gasteiger partial charge in [-0.1, -0.05) is 60.7 Å². The number of benzene rings is 3. The topological polar surface area (TPSA) is 142 Å². The van der Waals surface area contributed by atoms with E-state index in [0.717, 1.165) is 34.4 Å². The number of carboxylic acid groups (broad SMARTS) is 2. The number of carboxylic acids is 2. The lowest BCUT2D eigenvalue weighted by Gasteiger charge is -2.14. The minimum Gasteiger partial charge on any atom is -0.478 e. The minimum absolute atomic E-state index is 0.0153. The minimum atomic E-state index is -1.16. The molecule has 0 aliphatic heterocycles. The smallest absolute Gasteiger partial charge is 0.407 e. The Morgan fingerprint density at radius 2 is 1.44 bits per heavy atom. The van der Waals surface area contributed by atoms with Gasteiger partial charge in [-0.25, -0.2) is 14.4 Å². The largest absolute Gasteiger partial charge is 0.478 e. The Kier molecular flexibility index (Phi) is 8.53. The van der Waals surface area contributed by atoms with Gasteiger partial charge in [-0.05, 0) is 51.6 Å². The molecule has 0 saturated carbocycles. The van der Waals surface area contributed by atoms with Crippen LogP contribution in [0.1, 0.15) is 34.6 Å². The van der Waals surface area contributed by atoms with E-state index < -0.39 is 23.9 Å². The van der Waals surface area contributed by atoms with Crippen molar-refractivity contribution in [3.63, 3.8) is 0 Å². The summed E-state index contributed by atoms with van der Waals surface area (Å²) in [5.74, 6) is -2.80. The van der Waals surface area contributed by atoms with Crippen molar-refractivity contribution < 1.29 is 34.1 Å². The highest BCUT2D eigenvalue weighted by Crippen LogP contribution is 2.44. The number of carbonyl (C=O) groups is 4. The highest BCUT2D eigenvalue weighted by Gasteiger charge is 2.28. The van der Waals surface area contributed by atoms with E-state index in [4.69, 9.17) is 14.9 Å². The summed E-state index contributed by atoms with van der Waals surface area (Å²) in [7, 11) is 0. The maximum Gasteiger partial charge on any atom is 0.407 e. The number of aliphatic carboxylic acids is 2. The molecule has 0 fully saturated rings. The van der Waals surface area contributed by atoms with E-state index in [-0.39, 0.29) is 25.5 Å². The molecule has 0 saturated heterocycles. The monoisotopic (exact) mass is 526 g/mol. The van der Waals surface area contributed by atoms with Gasteiger partial charge in [0, 0.05) is 36.7 Å². The maximum absolute atomic E-state index is 12.5. The third kappa shape index (κ3) is 6.98. The van der Waals surface area contributed by atoms with Crippen LogP contribution in [0.2, 0.25) is 0 Å². The van der Waals surface area contributed by atoms with Gasteiger partial charge < -0.3 is 25.6 Å². The van der Waals surface area contributed by atoms with Crippen LogP contribution in [0.4, 0.5) is 10.5 Å². The van der Waals surface area contributed by atoms with Gasteiger partial charge in [-0.2, -0.15) is 0 Å². The second-order valence-corrected chi connectivity index (χ2v) is 8.74. The van der Waals surface area contributed by atoms with Crippen LogP contribution in [0.15, 0.2) is 78.9 Å². The van der Waals surface area contributed by atoms with Gasteiger partial charge >= 0.3 is 18.0 Å². The SMILES string of the molecule is O=C(O)C=Cc1ccc(C=CC(=O)O)c(NC(=O)CCNC(=O)OCC2c3ccccc3-c3ccccc32)c1. The molecule has 4 N–H and O–H groups in total. The van der Waals surface area contributed by atoms with Crippen LogP contribution < -0.4 is 10.6 Å². The molecule has 0 atom stereocenters. The second-order valence-electron chi connectivity index (χ2n) is 8.74. The maximum atomic E-state index is 12.5. The molecule has 1 aliphatic carbocycles. The summed E-state index contributed by atoms with van der Waals surface area (Å²) in [6.45, 7) is 0.170. The predicted molar refractivity (Wildman–Crippen MR) is 146 cm³/mol. The van der Waals surface area contributed by atoms with Crippen LogP contribution in [0, 0.1) is 0 Å². The molecule has 0 radical (unpaired) electrons. The number of nitrogens with one attached hydrogen (secondary N) is 2. The molecule has 9 heteroatoms. The molecule has 198 valence electrons. The summed E-state index contributed by atoms with van der Waals surface area (Å²) >= 11 is 0. The van der Waals surface area contributed by atoms with Crippen LogP contribution in [-0.2, 0) is 19.1 Å². The number of hydrogen-bond acceptors (Lipinski definition) is 5. The first-order chi connectivity index (χ1) is 18.8. The van der Waals surface area contributed by atoms with E-state index in [1.165, 1.54) is 18.2 Å². The molecule has 3 aromatic rings. The fourth-order valence-corrected chi connectivity index (χ4v) is 4.40. The number of anilines is 1. The summed E-state index contributed by atoms with van der Waals surface area (Å²) < 4.78 is 5.47. The summed E-state index contributed by atoms with van der Waals surface area (Å²) in [6.07, 6.45) is 3.83. The lowest BCUT2D eigenvalue weighted by Crippen LogP contribution is -2.29. The van der Waals surface area contributed by atoms with E-state index in [2.05, 4.69) is 10.6 Å². The lowest BCUT2D eigenvalue weighted by molar-refractivity contribution is -0.132. The van der Waals surface area contributed by atoms with Crippen molar-refractivity contribution in [2.75, 3.05) is 18.5 Å². The van der Waals surface area contributed by atoms with Crippen LogP contribution in [0.5, 0.6) is 0 Å². The summed E-state index contributed by atoms with van der Waals surface area (Å²) in [4.78, 5) is 46.6. The number of fused-ring (bicyclic) bond motifs is 3. The number of alkyl carbamates (subject to hydrolysis) is 1. The van der Waals surface area contributed by atoms with Gasteiger partial charge in [0.2, 0.25) is 5.91 Å². The number of carbonyl (C=O) groups excluding carboxylic acids is 2. The zero-order chi connectivity index (χ0) is 27.8. The van der Waals surface area contributed by atoms with Crippen LogP contribution >= 0.6 is 0 Å². The molecule has 0 bridgehead atoms. The van der Waals surface area contributed by atoms with Crippen molar-refractivity contribution in [2.45, 2.75) is 12.3 Å². The van der Waals surface area contributed by atoms with Crippen molar-refractivity contribution in [3.8, 4) is 11.1 Å². The Hall–Kier alpha value is -5.18. The molecule has 4 rings (SSSR count). The fourth-order valence-electron chi connectivity index (χ4n) is 4.40. The normalized spacial score (nSPS) is 12.2. The van der Waals surface area contributed by atoms with Gasteiger partial charge in [-0.15, -0.1) is 0 Å². The third-order valence-corrected chi connectivity index (χ3v) is 6.14. The molecule has 3 aromatic carbocycles. The standard InChI is InChI=1S/C30H26N2O7/c33-27(32-26-17-19(10-13-28(34)35)9-11-20(26)12-14-29(36)37)15-16-31-30(38)39-18-25-23-7-3-1-5-21(23)22-6-2-4-8-24(22)25/h1-14,17,25H,15-16,18H2,(H,31,38)(H,32,33)(H,34,35)(H,36,37). The van der Waals surface area contributed by atoms with Crippen molar-refractivity contribution in [3.05, 3.63) is 101 Å². The average Bonchev–Trinajstić information content (AvgIpc) is 3.23. The Balaban J connectivity index is 1.32. The van der Waals surface area contributed by atoms with Crippen molar-refractivity contribution in [2.24, 2.45) is 0 Å². The Labute approximate surface area is 224 Å². The van der Waals surface area contributed by atoms with Gasteiger partial charge in [0.1, 0.15) is 6.61 Å². The zero-order valence-electron chi connectivity index (χ0n) is 20.8. The second kappa shape index (κ2) is 12.4. The molecular weight excluding hydrogens is 500 g/mol. The van der Waals surface area contributed by atoms with E-state index in [1.54, 1.807) is 12.1 Å². The molecule has 9 nitrogen and oxygen atoms in total. The lowest BCUT2D eigenvalue weighted by atomic mass is 9.98. The first kappa shape index (κ1) is 26.9. The quantitative estimate of drug-likeness (QED) is 0.279.